The highest BCUT2D eigenvalue weighted by atomic mass is 32.1. The lowest BCUT2D eigenvalue weighted by atomic mass is 9.93. The van der Waals surface area contributed by atoms with Crippen LogP contribution >= 0.6 is 11.3 Å². The highest BCUT2D eigenvalue weighted by Crippen LogP contribution is 2.25. The molecule has 0 aliphatic carbocycles. The maximum atomic E-state index is 5.83. The van der Waals surface area contributed by atoms with E-state index in [1.807, 2.05) is 0 Å². The van der Waals surface area contributed by atoms with Gasteiger partial charge in [0.05, 0.1) is 36.6 Å². The van der Waals surface area contributed by atoms with E-state index < -0.39 is 0 Å². The van der Waals surface area contributed by atoms with E-state index in [4.69, 9.17) is 14.5 Å². The van der Waals surface area contributed by atoms with Crippen LogP contribution < -0.4 is 5.32 Å². The molecule has 0 spiro atoms. The van der Waals surface area contributed by atoms with Gasteiger partial charge in [0.1, 0.15) is 0 Å². The second-order valence-corrected chi connectivity index (χ2v) is 7.17. The summed E-state index contributed by atoms with van der Waals surface area (Å²) in [7, 11) is 0. The van der Waals surface area contributed by atoms with Gasteiger partial charge in [0.15, 0.2) is 0 Å². The summed E-state index contributed by atoms with van der Waals surface area (Å²) in [4.78, 5) is 4.78. The van der Waals surface area contributed by atoms with Gasteiger partial charge in [0, 0.05) is 23.3 Å². The van der Waals surface area contributed by atoms with Crippen LogP contribution in [0.3, 0.4) is 0 Å². The molecule has 2 unspecified atom stereocenters. The third kappa shape index (κ3) is 4.25. The lowest BCUT2D eigenvalue weighted by Crippen LogP contribution is -2.47. The van der Waals surface area contributed by atoms with Crippen molar-refractivity contribution in [3.63, 3.8) is 0 Å². The van der Waals surface area contributed by atoms with E-state index >= 15 is 0 Å². The number of nitrogens with zero attached hydrogens (tertiary/aromatic N) is 1. The maximum Gasteiger partial charge on any atom is 0.0966 e. The highest BCUT2D eigenvalue weighted by molar-refractivity contribution is 7.09. The molecule has 1 N–H and O–H groups in total. The summed E-state index contributed by atoms with van der Waals surface area (Å²) in [6, 6.07) is 0.277. The van der Waals surface area contributed by atoms with Gasteiger partial charge in [-0.25, -0.2) is 4.98 Å². The number of aromatic nitrogens is 1. The van der Waals surface area contributed by atoms with E-state index in [1.165, 1.54) is 10.7 Å². The van der Waals surface area contributed by atoms with Gasteiger partial charge in [0.2, 0.25) is 0 Å². The van der Waals surface area contributed by atoms with E-state index in [9.17, 15) is 0 Å². The van der Waals surface area contributed by atoms with Gasteiger partial charge in [-0.05, 0) is 6.54 Å². The third-order valence-electron chi connectivity index (χ3n) is 3.47. The van der Waals surface area contributed by atoms with Crippen molar-refractivity contribution in [2.24, 2.45) is 0 Å². The molecule has 20 heavy (non-hydrogen) atoms. The first-order valence-corrected chi connectivity index (χ1v) is 8.26. The lowest BCUT2D eigenvalue weighted by molar-refractivity contribution is -0.101. The Balaban J connectivity index is 2.01. The SMILES string of the molecule is CCNC(Cc1nc(C(C)(C)C)cs1)C1COCCO1. The fourth-order valence-corrected chi connectivity index (χ4v) is 3.35. The summed E-state index contributed by atoms with van der Waals surface area (Å²) >= 11 is 1.75. The first-order valence-electron chi connectivity index (χ1n) is 7.38. The average Bonchev–Trinajstić information content (AvgIpc) is 2.88. The standard InChI is InChI=1S/C15H26N2O2S/c1-5-16-11(12-9-18-6-7-19-12)8-14-17-13(10-20-14)15(2,3)4/h10-12,16H,5-9H2,1-4H3. The van der Waals surface area contributed by atoms with Gasteiger partial charge in [-0.2, -0.15) is 0 Å². The fourth-order valence-electron chi connectivity index (χ4n) is 2.27. The fraction of sp³-hybridized carbons (Fsp3) is 0.800. The van der Waals surface area contributed by atoms with Crippen LogP contribution in [0.4, 0.5) is 0 Å². The predicted molar refractivity (Wildman–Crippen MR) is 82.5 cm³/mol. The molecule has 0 amide bonds. The molecule has 1 aliphatic heterocycles. The Morgan fingerprint density at radius 2 is 2.25 bits per heavy atom. The summed E-state index contributed by atoms with van der Waals surface area (Å²) in [5.41, 5.74) is 1.29. The molecule has 4 nitrogen and oxygen atoms in total. The smallest absolute Gasteiger partial charge is 0.0966 e. The minimum atomic E-state index is 0.118. The Labute approximate surface area is 125 Å². The van der Waals surface area contributed by atoms with Gasteiger partial charge in [0.25, 0.3) is 0 Å². The Kier molecular flexibility index (Phi) is 5.55. The number of rotatable bonds is 5. The number of likely N-dealkylation sites (N-methyl/N-ethyl adjacent to an activating group) is 1. The molecule has 1 fully saturated rings. The maximum absolute atomic E-state index is 5.83. The third-order valence-corrected chi connectivity index (χ3v) is 4.34. The zero-order valence-electron chi connectivity index (χ0n) is 12.9. The van der Waals surface area contributed by atoms with Gasteiger partial charge in [-0.1, -0.05) is 27.7 Å². The molecule has 1 saturated heterocycles. The molecule has 2 rings (SSSR count). The zero-order chi connectivity index (χ0) is 14.6. The van der Waals surface area contributed by atoms with Crippen molar-refractivity contribution in [3.05, 3.63) is 16.1 Å². The number of hydrogen-bond donors (Lipinski definition) is 1. The number of ether oxygens (including phenoxy) is 2. The summed E-state index contributed by atoms with van der Waals surface area (Å²) in [6.45, 7) is 11.7. The summed E-state index contributed by atoms with van der Waals surface area (Å²) < 4.78 is 11.4. The molecule has 1 aromatic heterocycles. The van der Waals surface area contributed by atoms with E-state index in [1.54, 1.807) is 11.3 Å². The van der Waals surface area contributed by atoms with E-state index in [-0.39, 0.29) is 17.6 Å². The van der Waals surface area contributed by atoms with Gasteiger partial charge < -0.3 is 14.8 Å². The molecule has 0 saturated carbocycles. The summed E-state index contributed by atoms with van der Waals surface area (Å²) in [5.74, 6) is 0. The van der Waals surface area contributed by atoms with Crippen LogP contribution in [0.15, 0.2) is 5.38 Å². The summed E-state index contributed by atoms with van der Waals surface area (Å²) in [5, 5.41) is 6.86. The van der Waals surface area contributed by atoms with Gasteiger partial charge >= 0.3 is 0 Å². The van der Waals surface area contributed by atoms with Crippen LogP contribution in [-0.2, 0) is 21.3 Å². The quantitative estimate of drug-likeness (QED) is 0.906. The molecule has 0 radical (unpaired) electrons. The monoisotopic (exact) mass is 298 g/mol. The van der Waals surface area contributed by atoms with Gasteiger partial charge in [-0.15, -0.1) is 11.3 Å². The minimum absolute atomic E-state index is 0.118. The molecule has 2 heterocycles. The van der Waals surface area contributed by atoms with Crippen LogP contribution in [0.2, 0.25) is 0 Å². The molecule has 1 aromatic rings. The van der Waals surface area contributed by atoms with E-state index in [0.29, 0.717) is 19.8 Å². The number of thiazole rings is 1. The normalized spacial score (nSPS) is 21.9. The molecular formula is C15H26N2O2S. The van der Waals surface area contributed by atoms with Gasteiger partial charge in [-0.3, -0.25) is 0 Å². The Morgan fingerprint density at radius 3 is 2.80 bits per heavy atom. The van der Waals surface area contributed by atoms with Crippen molar-refractivity contribution >= 4 is 11.3 Å². The second-order valence-electron chi connectivity index (χ2n) is 6.23. The van der Waals surface area contributed by atoms with Crippen LogP contribution in [0.25, 0.3) is 0 Å². The summed E-state index contributed by atoms with van der Waals surface area (Å²) in [6.07, 6.45) is 1.04. The molecule has 0 aromatic carbocycles. The highest BCUT2D eigenvalue weighted by Gasteiger charge is 2.26. The molecule has 0 bridgehead atoms. The van der Waals surface area contributed by atoms with E-state index in [0.717, 1.165) is 13.0 Å². The first-order chi connectivity index (χ1) is 9.50. The molecular weight excluding hydrogens is 272 g/mol. The van der Waals surface area contributed by atoms with Crippen molar-refractivity contribution in [3.8, 4) is 0 Å². The van der Waals surface area contributed by atoms with E-state index in [2.05, 4.69) is 38.4 Å². The number of nitrogens with one attached hydrogen (secondary N) is 1. The van der Waals surface area contributed by atoms with Crippen LogP contribution in [0, 0.1) is 0 Å². The molecule has 5 heteroatoms. The lowest BCUT2D eigenvalue weighted by Gasteiger charge is -2.30. The van der Waals surface area contributed by atoms with Crippen molar-refractivity contribution in [1.82, 2.24) is 10.3 Å². The first kappa shape index (κ1) is 15.9. The Hall–Kier alpha value is -0.490. The second kappa shape index (κ2) is 6.98. The average molecular weight is 298 g/mol. The van der Waals surface area contributed by atoms with Crippen LogP contribution in [0.1, 0.15) is 38.4 Å². The van der Waals surface area contributed by atoms with Crippen molar-refractivity contribution in [2.45, 2.75) is 51.7 Å². The molecule has 1 aliphatic rings. The zero-order valence-corrected chi connectivity index (χ0v) is 13.8. The largest absolute Gasteiger partial charge is 0.376 e. The van der Waals surface area contributed by atoms with Crippen molar-refractivity contribution < 1.29 is 9.47 Å². The Bertz CT molecular complexity index is 408. The topological polar surface area (TPSA) is 43.4 Å². The minimum Gasteiger partial charge on any atom is -0.376 e. The number of hydrogen-bond acceptors (Lipinski definition) is 5. The van der Waals surface area contributed by atoms with Crippen molar-refractivity contribution in [1.29, 1.82) is 0 Å². The Morgan fingerprint density at radius 1 is 1.45 bits per heavy atom. The molecule has 114 valence electrons. The molecule has 2 atom stereocenters. The van der Waals surface area contributed by atoms with Crippen molar-refractivity contribution in [2.75, 3.05) is 26.4 Å². The predicted octanol–water partition coefficient (Wildman–Crippen LogP) is 2.38. The van der Waals surface area contributed by atoms with Crippen LogP contribution in [-0.4, -0.2) is 43.5 Å². The van der Waals surface area contributed by atoms with Crippen LogP contribution in [0.5, 0.6) is 0 Å².